The molecule has 0 aliphatic heterocycles. The SMILES string of the molecule is [N-]=[N+]=NCCC#Cc1ccnc(N)n1. The predicted molar refractivity (Wildman–Crippen MR) is 52.0 cm³/mol. The van der Waals surface area contributed by atoms with E-state index in [0.29, 0.717) is 18.7 Å². The van der Waals surface area contributed by atoms with Gasteiger partial charge in [0.05, 0.1) is 0 Å². The summed E-state index contributed by atoms with van der Waals surface area (Å²) in [6.07, 6.45) is 2.05. The van der Waals surface area contributed by atoms with E-state index in [-0.39, 0.29) is 5.95 Å². The van der Waals surface area contributed by atoms with Gasteiger partial charge in [0.1, 0.15) is 5.69 Å². The van der Waals surface area contributed by atoms with Crippen LogP contribution < -0.4 is 5.73 Å². The van der Waals surface area contributed by atoms with Gasteiger partial charge in [-0.1, -0.05) is 11.0 Å². The third-order valence-electron chi connectivity index (χ3n) is 1.29. The van der Waals surface area contributed by atoms with Gasteiger partial charge in [-0.25, -0.2) is 9.97 Å². The van der Waals surface area contributed by atoms with Crippen molar-refractivity contribution in [3.63, 3.8) is 0 Å². The Kier molecular flexibility index (Phi) is 3.80. The van der Waals surface area contributed by atoms with Crippen molar-refractivity contribution < 1.29 is 0 Å². The minimum atomic E-state index is 0.201. The van der Waals surface area contributed by atoms with Crippen molar-refractivity contribution in [1.82, 2.24) is 9.97 Å². The van der Waals surface area contributed by atoms with Crippen LogP contribution in [0.4, 0.5) is 5.95 Å². The minimum absolute atomic E-state index is 0.201. The van der Waals surface area contributed by atoms with Crippen LogP contribution in [0.3, 0.4) is 0 Å². The molecular weight excluding hydrogens is 180 g/mol. The van der Waals surface area contributed by atoms with Gasteiger partial charge in [0.2, 0.25) is 5.95 Å². The van der Waals surface area contributed by atoms with Gasteiger partial charge < -0.3 is 5.73 Å². The third kappa shape index (κ3) is 3.43. The van der Waals surface area contributed by atoms with Crippen LogP contribution in [0.15, 0.2) is 17.4 Å². The van der Waals surface area contributed by atoms with E-state index >= 15 is 0 Å². The van der Waals surface area contributed by atoms with Crippen LogP contribution in [0.2, 0.25) is 0 Å². The summed E-state index contributed by atoms with van der Waals surface area (Å²) in [6, 6.07) is 1.66. The lowest BCUT2D eigenvalue weighted by atomic mass is 10.3. The summed E-state index contributed by atoms with van der Waals surface area (Å²) in [4.78, 5) is 10.2. The molecular formula is C8H8N6. The van der Waals surface area contributed by atoms with Crippen molar-refractivity contribution in [3.8, 4) is 11.8 Å². The largest absolute Gasteiger partial charge is 0.368 e. The average Bonchev–Trinajstić information content (AvgIpc) is 2.18. The van der Waals surface area contributed by atoms with Crippen LogP contribution in [0.1, 0.15) is 12.1 Å². The van der Waals surface area contributed by atoms with Gasteiger partial charge in [-0.05, 0) is 17.5 Å². The molecule has 0 radical (unpaired) electrons. The van der Waals surface area contributed by atoms with E-state index in [9.17, 15) is 0 Å². The molecule has 2 N–H and O–H groups in total. The molecule has 6 heteroatoms. The van der Waals surface area contributed by atoms with Crippen LogP contribution in [0.25, 0.3) is 10.4 Å². The second kappa shape index (κ2) is 5.41. The molecule has 1 rings (SSSR count). The van der Waals surface area contributed by atoms with E-state index in [4.69, 9.17) is 11.3 Å². The molecule has 14 heavy (non-hydrogen) atoms. The maximum absolute atomic E-state index is 7.99. The van der Waals surface area contributed by atoms with E-state index in [0.717, 1.165) is 0 Å². The highest BCUT2D eigenvalue weighted by atomic mass is 15.1. The number of nitrogens with two attached hydrogens (primary N) is 1. The highest BCUT2D eigenvalue weighted by molar-refractivity contribution is 5.30. The zero-order valence-electron chi connectivity index (χ0n) is 7.38. The number of nitrogens with zero attached hydrogens (tertiary/aromatic N) is 5. The smallest absolute Gasteiger partial charge is 0.221 e. The number of aromatic nitrogens is 2. The number of azide groups is 1. The van der Waals surface area contributed by atoms with Gasteiger partial charge in [-0.3, -0.25) is 0 Å². The number of hydrogen-bond donors (Lipinski definition) is 1. The molecule has 0 aromatic carbocycles. The molecule has 0 aliphatic carbocycles. The molecule has 0 spiro atoms. The van der Waals surface area contributed by atoms with Gasteiger partial charge in [0.25, 0.3) is 0 Å². The summed E-state index contributed by atoms with van der Waals surface area (Å²) in [5.74, 6) is 5.78. The maximum atomic E-state index is 7.99. The second-order valence-corrected chi connectivity index (χ2v) is 2.31. The van der Waals surface area contributed by atoms with Crippen LogP contribution in [-0.4, -0.2) is 16.5 Å². The van der Waals surface area contributed by atoms with Gasteiger partial charge >= 0.3 is 0 Å². The molecule has 70 valence electrons. The summed E-state index contributed by atoms with van der Waals surface area (Å²) in [7, 11) is 0. The van der Waals surface area contributed by atoms with Gasteiger partial charge in [0, 0.05) is 24.1 Å². The first-order valence-electron chi connectivity index (χ1n) is 3.91. The van der Waals surface area contributed by atoms with Crippen molar-refractivity contribution >= 4 is 5.95 Å². The Labute approximate surface area is 80.8 Å². The third-order valence-corrected chi connectivity index (χ3v) is 1.29. The van der Waals surface area contributed by atoms with Gasteiger partial charge in [-0.15, -0.1) is 0 Å². The standard InChI is InChI=1S/C8H8N6/c9-8-11-6-4-7(13-8)3-1-2-5-12-14-10/h4,6H,2,5H2,(H2,9,11,13). The lowest BCUT2D eigenvalue weighted by Crippen LogP contribution is -1.95. The first kappa shape index (κ1) is 9.84. The van der Waals surface area contributed by atoms with E-state index in [1.807, 2.05) is 0 Å². The summed E-state index contributed by atoms with van der Waals surface area (Å²) >= 11 is 0. The number of hydrogen-bond acceptors (Lipinski definition) is 4. The lowest BCUT2D eigenvalue weighted by Gasteiger charge is -1.90. The van der Waals surface area contributed by atoms with E-state index < -0.39 is 0 Å². The number of anilines is 1. The topological polar surface area (TPSA) is 101 Å². The number of rotatable bonds is 2. The Morgan fingerprint density at radius 2 is 2.50 bits per heavy atom. The molecule has 6 nitrogen and oxygen atoms in total. The molecule has 0 unspecified atom stereocenters. The van der Waals surface area contributed by atoms with Crippen molar-refractivity contribution in [2.45, 2.75) is 6.42 Å². The lowest BCUT2D eigenvalue weighted by molar-refractivity contribution is 1.01. The van der Waals surface area contributed by atoms with Crippen LogP contribution in [0.5, 0.6) is 0 Å². The van der Waals surface area contributed by atoms with Crippen molar-refractivity contribution in [2.24, 2.45) is 5.11 Å². The fraction of sp³-hybridized carbons (Fsp3) is 0.250. The summed E-state index contributed by atoms with van der Waals surface area (Å²) in [6.45, 7) is 0.365. The average molecular weight is 188 g/mol. The molecule has 1 aromatic heterocycles. The predicted octanol–water partition coefficient (Wildman–Crippen LogP) is 1.11. The maximum Gasteiger partial charge on any atom is 0.221 e. The highest BCUT2D eigenvalue weighted by Crippen LogP contribution is 1.93. The Hall–Kier alpha value is -2.25. The normalized spacial score (nSPS) is 8.29. The van der Waals surface area contributed by atoms with Crippen LogP contribution in [-0.2, 0) is 0 Å². The Morgan fingerprint density at radius 3 is 3.21 bits per heavy atom. The monoisotopic (exact) mass is 188 g/mol. The fourth-order valence-electron chi connectivity index (χ4n) is 0.747. The Balaban J connectivity index is 2.54. The van der Waals surface area contributed by atoms with Crippen molar-refractivity contribution in [1.29, 1.82) is 0 Å². The summed E-state index contributed by atoms with van der Waals surface area (Å²) in [5, 5.41) is 3.34. The van der Waals surface area contributed by atoms with Gasteiger partial charge in [-0.2, -0.15) is 0 Å². The quantitative estimate of drug-likeness (QED) is 0.247. The zero-order chi connectivity index (χ0) is 10.2. The summed E-state index contributed by atoms with van der Waals surface area (Å²) in [5.41, 5.74) is 13.9. The first-order valence-corrected chi connectivity index (χ1v) is 3.91. The minimum Gasteiger partial charge on any atom is -0.368 e. The molecule has 1 aromatic rings. The van der Waals surface area contributed by atoms with Crippen LogP contribution >= 0.6 is 0 Å². The zero-order valence-corrected chi connectivity index (χ0v) is 7.38. The van der Waals surface area contributed by atoms with Crippen molar-refractivity contribution in [3.05, 3.63) is 28.4 Å². The van der Waals surface area contributed by atoms with E-state index in [2.05, 4.69) is 31.8 Å². The van der Waals surface area contributed by atoms with E-state index in [1.165, 1.54) is 0 Å². The highest BCUT2D eigenvalue weighted by Gasteiger charge is 1.88. The molecule has 0 atom stereocenters. The van der Waals surface area contributed by atoms with E-state index in [1.54, 1.807) is 12.3 Å². The molecule has 0 saturated heterocycles. The Bertz CT molecular complexity index is 409. The first-order chi connectivity index (χ1) is 6.83. The molecule has 0 aliphatic rings. The molecule has 0 saturated carbocycles. The van der Waals surface area contributed by atoms with Crippen LogP contribution in [0, 0.1) is 11.8 Å². The van der Waals surface area contributed by atoms with Gasteiger partial charge in [0.15, 0.2) is 0 Å². The molecule has 0 fully saturated rings. The van der Waals surface area contributed by atoms with Crippen molar-refractivity contribution in [2.75, 3.05) is 12.3 Å². The summed E-state index contributed by atoms with van der Waals surface area (Å²) < 4.78 is 0. The molecule has 0 amide bonds. The number of nitrogen functional groups attached to an aromatic ring is 1. The molecule has 0 bridgehead atoms. The fourth-order valence-corrected chi connectivity index (χ4v) is 0.747. The molecule has 1 heterocycles. The second-order valence-electron chi connectivity index (χ2n) is 2.31. The Morgan fingerprint density at radius 1 is 1.64 bits per heavy atom.